The predicted octanol–water partition coefficient (Wildman–Crippen LogP) is 3.86. The number of benzene rings is 2. The molecule has 0 spiro atoms. The lowest BCUT2D eigenvalue weighted by Crippen LogP contribution is -2.50. The van der Waals surface area contributed by atoms with Gasteiger partial charge in [0.2, 0.25) is 11.8 Å². The van der Waals surface area contributed by atoms with E-state index in [4.69, 9.17) is 23.2 Å². The molecule has 0 fully saturated rings. The topological polar surface area (TPSA) is 104 Å². The van der Waals surface area contributed by atoms with Crippen molar-refractivity contribution >= 4 is 50.9 Å². The van der Waals surface area contributed by atoms with Gasteiger partial charge in [0.05, 0.1) is 15.6 Å². The molecule has 3 amide bonds. The third-order valence-electron chi connectivity index (χ3n) is 5.95. The minimum absolute atomic E-state index is 0.0474. The number of nitrogens with one attached hydrogen (secondary N) is 1. The normalized spacial score (nSPS) is 15.9. The van der Waals surface area contributed by atoms with Gasteiger partial charge in [0, 0.05) is 25.6 Å². The Morgan fingerprint density at radius 3 is 2.40 bits per heavy atom. The maximum atomic E-state index is 13.3. The van der Waals surface area contributed by atoms with Gasteiger partial charge in [-0.1, -0.05) is 48.3 Å². The minimum Gasteiger partial charge on any atom is -0.352 e. The molecule has 8 nitrogen and oxygen atoms in total. The van der Waals surface area contributed by atoms with Gasteiger partial charge in [0.1, 0.15) is 10.9 Å². The molecule has 0 aliphatic carbocycles. The largest absolute Gasteiger partial charge is 0.352 e. The highest BCUT2D eigenvalue weighted by atomic mass is 35.5. The molecule has 0 bridgehead atoms. The van der Waals surface area contributed by atoms with Crippen molar-refractivity contribution in [3.05, 3.63) is 63.6 Å². The number of hydrogen-bond donors (Lipinski definition) is 1. The van der Waals surface area contributed by atoms with E-state index in [9.17, 15) is 22.8 Å². The average molecular weight is 540 g/mol. The molecule has 2 atom stereocenters. The molecule has 11 heteroatoms. The summed E-state index contributed by atoms with van der Waals surface area (Å²) < 4.78 is 26.4. The van der Waals surface area contributed by atoms with Gasteiger partial charge in [-0.15, -0.1) is 0 Å². The first-order valence-electron chi connectivity index (χ1n) is 11.2. The number of hydrogen-bond acceptors (Lipinski definition) is 5. The molecule has 1 aliphatic rings. The fourth-order valence-corrected chi connectivity index (χ4v) is 5.57. The number of amides is 3. The Labute approximate surface area is 215 Å². The molecule has 1 aliphatic heterocycles. The number of nitrogens with zero attached hydrogens (tertiary/aromatic N) is 2. The molecule has 3 rings (SSSR count). The zero-order chi connectivity index (χ0) is 25.9. The molecule has 2 aromatic carbocycles. The van der Waals surface area contributed by atoms with Crippen molar-refractivity contribution in [2.75, 3.05) is 6.54 Å². The molecule has 0 saturated carbocycles. The second-order valence-electron chi connectivity index (χ2n) is 8.39. The first-order valence-corrected chi connectivity index (χ1v) is 13.4. The van der Waals surface area contributed by atoms with E-state index in [2.05, 4.69) is 5.32 Å². The maximum absolute atomic E-state index is 13.3. The van der Waals surface area contributed by atoms with Crippen LogP contribution in [0.1, 0.15) is 49.5 Å². The van der Waals surface area contributed by atoms with E-state index in [1.165, 1.54) is 23.1 Å². The summed E-state index contributed by atoms with van der Waals surface area (Å²) in [7, 11) is -4.04. The Morgan fingerprint density at radius 1 is 1.09 bits per heavy atom. The second kappa shape index (κ2) is 11.0. The molecular formula is C24H27Cl2N3O5S. The van der Waals surface area contributed by atoms with Crippen molar-refractivity contribution < 1.29 is 22.8 Å². The van der Waals surface area contributed by atoms with Gasteiger partial charge >= 0.3 is 0 Å². The second-order valence-corrected chi connectivity index (χ2v) is 11.0. The third-order valence-corrected chi connectivity index (χ3v) is 8.53. The van der Waals surface area contributed by atoms with Crippen LogP contribution >= 0.6 is 23.2 Å². The van der Waals surface area contributed by atoms with E-state index in [1.54, 1.807) is 31.2 Å². The highest BCUT2D eigenvalue weighted by Crippen LogP contribution is 2.30. The van der Waals surface area contributed by atoms with E-state index in [0.717, 1.165) is 0 Å². The summed E-state index contributed by atoms with van der Waals surface area (Å²) in [6.07, 6.45) is 0.427. The van der Waals surface area contributed by atoms with Crippen LogP contribution in [-0.4, -0.2) is 54.0 Å². The molecule has 1 N–H and O–H groups in total. The zero-order valence-corrected chi connectivity index (χ0v) is 22.0. The molecule has 0 radical (unpaired) electrons. The SMILES string of the molecule is CC[C@H](C)NC(=O)[C@H](C)N(Cc1ccc(Cl)c(Cl)c1)C(=O)CCN1C(=O)c2ccccc2S1(=O)=O. The van der Waals surface area contributed by atoms with Gasteiger partial charge in [-0.3, -0.25) is 14.4 Å². The Balaban J connectivity index is 1.81. The molecule has 0 unspecified atom stereocenters. The summed E-state index contributed by atoms with van der Waals surface area (Å²) in [5.74, 6) is -1.50. The standard InChI is InChI=1S/C24H27Cl2N3O5S/c1-4-15(2)27-23(31)16(3)28(14-17-9-10-19(25)20(26)13-17)22(30)11-12-29-24(32)18-7-5-6-8-21(18)35(29,33)34/h5-10,13,15-16H,4,11-12,14H2,1-3H3,(H,27,31)/t15-,16-/m0/s1. The van der Waals surface area contributed by atoms with Crippen molar-refractivity contribution in [3.63, 3.8) is 0 Å². The first kappa shape index (κ1) is 27.0. The Bertz CT molecular complexity index is 1250. The van der Waals surface area contributed by atoms with Crippen LogP contribution in [0.5, 0.6) is 0 Å². The number of carbonyl (C=O) groups excluding carboxylic acids is 3. The van der Waals surface area contributed by atoms with Crippen LogP contribution in [0.2, 0.25) is 10.0 Å². The predicted molar refractivity (Wildman–Crippen MR) is 134 cm³/mol. The average Bonchev–Trinajstić information content (AvgIpc) is 3.02. The summed E-state index contributed by atoms with van der Waals surface area (Å²) in [6, 6.07) is 9.88. The fourth-order valence-electron chi connectivity index (χ4n) is 3.68. The molecule has 35 heavy (non-hydrogen) atoms. The lowest BCUT2D eigenvalue weighted by molar-refractivity contribution is -0.140. The molecule has 1 heterocycles. The van der Waals surface area contributed by atoms with Crippen molar-refractivity contribution in [3.8, 4) is 0 Å². The van der Waals surface area contributed by atoms with Crippen LogP contribution < -0.4 is 5.32 Å². The Kier molecular flexibility index (Phi) is 8.46. The fraction of sp³-hybridized carbons (Fsp3) is 0.375. The van der Waals surface area contributed by atoms with Gasteiger partial charge in [0.15, 0.2) is 0 Å². The van der Waals surface area contributed by atoms with Crippen LogP contribution in [0.25, 0.3) is 0 Å². The summed E-state index contributed by atoms with van der Waals surface area (Å²) >= 11 is 12.1. The molecule has 0 aromatic heterocycles. The van der Waals surface area contributed by atoms with Crippen molar-refractivity contribution in [2.45, 2.75) is 57.1 Å². The first-order chi connectivity index (χ1) is 16.5. The Hall–Kier alpha value is -2.62. The lowest BCUT2D eigenvalue weighted by Gasteiger charge is -2.30. The number of halogens is 2. The molecule has 188 valence electrons. The highest BCUT2D eigenvalue weighted by molar-refractivity contribution is 7.90. The smallest absolute Gasteiger partial charge is 0.269 e. The Morgan fingerprint density at radius 2 is 1.77 bits per heavy atom. The van der Waals surface area contributed by atoms with E-state index in [0.29, 0.717) is 26.3 Å². The summed E-state index contributed by atoms with van der Waals surface area (Å²) in [5.41, 5.74) is 0.724. The monoisotopic (exact) mass is 539 g/mol. The van der Waals surface area contributed by atoms with Gasteiger partial charge in [-0.25, -0.2) is 12.7 Å². The molecular weight excluding hydrogens is 513 g/mol. The van der Waals surface area contributed by atoms with Crippen molar-refractivity contribution in [1.82, 2.24) is 14.5 Å². The highest BCUT2D eigenvalue weighted by Gasteiger charge is 2.41. The quantitative estimate of drug-likeness (QED) is 0.520. The number of rotatable bonds is 9. The minimum atomic E-state index is -4.04. The number of sulfonamides is 1. The van der Waals surface area contributed by atoms with Crippen LogP contribution in [0.15, 0.2) is 47.4 Å². The number of carbonyl (C=O) groups is 3. The van der Waals surface area contributed by atoms with E-state index in [1.807, 2.05) is 13.8 Å². The van der Waals surface area contributed by atoms with E-state index >= 15 is 0 Å². The van der Waals surface area contributed by atoms with Crippen molar-refractivity contribution in [1.29, 1.82) is 0 Å². The van der Waals surface area contributed by atoms with Crippen LogP contribution in [0, 0.1) is 0 Å². The molecule has 0 saturated heterocycles. The van der Waals surface area contributed by atoms with Crippen LogP contribution in [-0.2, 0) is 26.2 Å². The summed E-state index contributed by atoms with van der Waals surface area (Å²) in [5, 5.41) is 3.52. The number of fused-ring (bicyclic) bond motifs is 1. The van der Waals surface area contributed by atoms with Crippen LogP contribution in [0.4, 0.5) is 0 Å². The van der Waals surface area contributed by atoms with E-state index < -0.39 is 27.9 Å². The van der Waals surface area contributed by atoms with Crippen molar-refractivity contribution in [2.24, 2.45) is 0 Å². The third kappa shape index (κ3) is 5.79. The lowest BCUT2D eigenvalue weighted by atomic mass is 10.1. The van der Waals surface area contributed by atoms with Gasteiger partial charge in [0.25, 0.3) is 15.9 Å². The summed E-state index contributed by atoms with van der Waals surface area (Å²) in [6.45, 7) is 5.09. The van der Waals surface area contributed by atoms with Crippen LogP contribution in [0.3, 0.4) is 0 Å². The maximum Gasteiger partial charge on any atom is 0.269 e. The van der Waals surface area contributed by atoms with Gasteiger partial charge < -0.3 is 10.2 Å². The zero-order valence-electron chi connectivity index (χ0n) is 19.6. The van der Waals surface area contributed by atoms with E-state index in [-0.39, 0.29) is 41.9 Å². The van der Waals surface area contributed by atoms with Gasteiger partial charge in [-0.2, -0.15) is 0 Å². The molecule has 2 aromatic rings. The van der Waals surface area contributed by atoms with Gasteiger partial charge in [-0.05, 0) is 50.1 Å². The summed E-state index contributed by atoms with van der Waals surface area (Å²) in [4.78, 5) is 40.1.